The van der Waals surface area contributed by atoms with Crippen molar-refractivity contribution < 1.29 is 4.79 Å². The van der Waals surface area contributed by atoms with E-state index in [2.05, 4.69) is 0 Å². The Kier molecular flexibility index (Phi) is 4.55. The maximum absolute atomic E-state index is 10.7. The lowest BCUT2D eigenvalue weighted by Gasteiger charge is -1.95. The first-order chi connectivity index (χ1) is 4.68. The molecular weight excluding hydrogens is 124 g/mol. The van der Waals surface area contributed by atoms with Gasteiger partial charge < -0.3 is 0 Å². The summed E-state index contributed by atoms with van der Waals surface area (Å²) in [7, 11) is 0. The molecule has 0 saturated carbocycles. The lowest BCUT2D eigenvalue weighted by atomic mass is 10.1. The van der Waals surface area contributed by atoms with E-state index in [0.29, 0.717) is 0 Å². The monoisotopic (exact) mass is 138 g/mol. The smallest absolute Gasteiger partial charge is 0.136 e. The molecule has 0 aliphatic heterocycles. The first-order valence-electron chi connectivity index (χ1n) is 3.48. The molecule has 0 aliphatic carbocycles. The Labute approximate surface area is 62.4 Å². The largest absolute Gasteiger partial charge is 0.299 e. The first kappa shape index (κ1) is 9.15. The third-order valence-corrected chi connectivity index (χ3v) is 1.34. The molecule has 1 nitrogen and oxygen atoms in total. The Morgan fingerprint density at radius 3 is 2.40 bits per heavy atom. The summed E-state index contributed by atoms with van der Waals surface area (Å²) >= 11 is 0. The van der Waals surface area contributed by atoms with Gasteiger partial charge in [-0.3, -0.25) is 4.79 Å². The molecule has 0 fully saturated rings. The molecule has 1 heteroatoms. The molecule has 0 amide bonds. The number of hydrogen-bond donors (Lipinski definition) is 0. The molecule has 0 radical (unpaired) electrons. The number of carbonyl (C=O) groups excluding carboxylic acids is 1. The first-order valence-corrected chi connectivity index (χ1v) is 3.48. The lowest BCUT2D eigenvalue weighted by molar-refractivity contribution is -0.118. The van der Waals surface area contributed by atoms with Crippen molar-refractivity contribution in [1.29, 1.82) is 0 Å². The molecule has 56 valence electrons. The van der Waals surface area contributed by atoms with Gasteiger partial charge >= 0.3 is 0 Å². The van der Waals surface area contributed by atoms with Crippen molar-refractivity contribution in [3.8, 4) is 0 Å². The van der Waals surface area contributed by atoms with E-state index in [-0.39, 0.29) is 11.7 Å². The van der Waals surface area contributed by atoms with Gasteiger partial charge in [0.2, 0.25) is 0 Å². The Morgan fingerprint density at radius 1 is 1.40 bits per heavy atom. The number of carbonyl (C=O) groups is 1. The van der Waals surface area contributed by atoms with E-state index in [0.717, 1.165) is 0 Å². The zero-order valence-corrected chi connectivity index (χ0v) is 6.79. The Balaban J connectivity index is 3.77. The van der Waals surface area contributed by atoms with Gasteiger partial charge in [-0.25, -0.2) is 0 Å². The summed E-state index contributed by atoms with van der Waals surface area (Å²) < 4.78 is 0. The molecule has 0 N–H and O–H groups in total. The summed E-state index contributed by atoms with van der Waals surface area (Å²) in [5.41, 5.74) is 0. The summed E-state index contributed by atoms with van der Waals surface area (Å²) in [6, 6.07) is 0. The highest BCUT2D eigenvalue weighted by Gasteiger charge is 1.99. The summed E-state index contributed by atoms with van der Waals surface area (Å²) in [5.74, 6) is 0.261. The number of hydrogen-bond acceptors (Lipinski definition) is 1. The van der Waals surface area contributed by atoms with E-state index in [1.165, 1.54) is 0 Å². The summed E-state index contributed by atoms with van der Waals surface area (Å²) in [5, 5.41) is 0. The minimum atomic E-state index is 0.0520. The van der Waals surface area contributed by atoms with Crippen LogP contribution in [-0.2, 0) is 4.79 Å². The van der Waals surface area contributed by atoms with Crippen molar-refractivity contribution in [2.75, 3.05) is 0 Å². The van der Waals surface area contributed by atoms with Gasteiger partial charge in [-0.2, -0.15) is 0 Å². The number of allylic oxidation sites excluding steroid dienone is 4. The average Bonchev–Trinajstić information content (AvgIpc) is 1.88. The SMILES string of the molecule is C/C=C/C=C/[C@H](C)C(C)=O. The van der Waals surface area contributed by atoms with Crippen molar-refractivity contribution in [3.63, 3.8) is 0 Å². The van der Waals surface area contributed by atoms with Gasteiger partial charge in [0.05, 0.1) is 0 Å². The van der Waals surface area contributed by atoms with E-state index in [4.69, 9.17) is 0 Å². The van der Waals surface area contributed by atoms with Gasteiger partial charge in [0, 0.05) is 5.92 Å². The number of ketones is 1. The van der Waals surface area contributed by atoms with Crippen LogP contribution in [0, 0.1) is 5.92 Å². The fraction of sp³-hybridized carbons (Fsp3) is 0.444. The Bertz CT molecular complexity index is 154. The van der Waals surface area contributed by atoms with E-state index < -0.39 is 0 Å². The quantitative estimate of drug-likeness (QED) is 0.547. The van der Waals surface area contributed by atoms with Crippen molar-refractivity contribution in [2.45, 2.75) is 20.8 Å². The maximum atomic E-state index is 10.7. The van der Waals surface area contributed by atoms with Crippen LogP contribution < -0.4 is 0 Å². The Hall–Kier alpha value is -0.850. The summed E-state index contributed by atoms with van der Waals surface area (Å²) in [4.78, 5) is 10.7. The fourth-order valence-electron chi connectivity index (χ4n) is 0.477. The molecule has 10 heavy (non-hydrogen) atoms. The molecule has 0 aromatic heterocycles. The van der Waals surface area contributed by atoms with Gasteiger partial charge in [0.15, 0.2) is 0 Å². The average molecular weight is 138 g/mol. The van der Waals surface area contributed by atoms with E-state index in [1.807, 2.05) is 38.2 Å². The highest BCUT2D eigenvalue weighted by Crippen LogP contribution is 1.97. The van der Waals surface area contributed by atoms with Gasteiger partial charge in [0.1, 0.15) is 5.78 Å². The second kappa shape index (κ2) is 4.98. The molecule has 0 bridgehead atoms. The molecule has 0 rings (SSSR count). The molecule has 0 aromatic rings. The second-order valence-corrected chi connectivity index (χ2v) is 2.31. The Morgan fingerprint density at radius 2 is 2.00 bits per heavy atom. The zero-order chi connectivity index (χ0) is 7.98. The topological polar surface area (TPSA) is 17.1 Å². The number of rotatable bonds is 3. The third kappa shape index (κ3) is 4.07. The zero-order valence-electron chi connectivity index (χ0n) is 6.79. The van der Waals surface area contributed by atoms with Crippen LogP contribution in [0.25, 0.3) is 0 Å². The minimum absolute atomic E-state index is 0.0520. The van der Waals surface area contributed by atoms with Crippen LogP contribution in [0.4, 0.5) is 0 Å². The molecular formula is C9H14O. The molecule has 1 atom stereocenters. The lowest BCUT2D eigenvalue weighted by Crippen LogP contribution is -2.01. The normalized spacial score (nSPS) is 14.7. The summed E-state index contributed by atoms with van der Waals surface area (Å²) in [6.07, 6.45) is 7.64. The predicted octanol–water partition coefficient (Wildman–Crippen LogP) is 2.34. The van der Waals surface area contributed by atoms with Crippen LogP contribution in [0.1, 0.15) is 20.8 Å². The standard InChI is InChI=1S/C9H14O/c1-4-5-6-7-8(2)9(3)10/h4-8H,1-3H3/b5-4+,7-6+/t8-/m0/s1. The van der Waals surface area contributed by atoms with Crippen LogP contribution in [0.15, 0.2) is 24.3 Å². The van der Waals surface area contributed by atoms with Gasteiger partial charge in [-0.15, -0.1) is 0 Å². The van der Waals surface area contributed by atoms with Crippen LogP contribution in [0.3, 0.4) is 0 Å². The highest BCUT2D eigenvalue weighted by atomic mass is 16.1. The maximum Gasteiger partial charge on any atom is 0.136 e. The van der Waals surface area contributed by atoms with Gasteiger partial charge in [0.25, 0.3) is 0 Å². The molecule has 0 heterocycles. The van der Waals surface area contributed by atoms with Crippen molar-refractivity contribution >= 4 is 5.78 Å². The van der Waals surface area contributed by atoms with Crippen LogP contribution in [0.5, 0.6) is 0 Å². The van der Waals surface area contributed by atoms with Gasteiger partial charge in [-0.1, -0.05) is 31.2 Å². The highest BCUT2D eigenvalue weighted by molar-refractivity contribution is 5.79. The molecule has 0 spiro atoms. The van der Waals surface area contributed by atoms with Crippen LogP contribution >= 0.6 is 0 Å². The summed E-state index contributed by atoms with van der Waals surface area (Å²) in [6.45, 7) is 5.44. The van der Waals surface area contributed by atoms with E-state index in [9.17, 15) is 4.79 Å². The third-order valence-electron chi connectivity index (χ3n) is 1.34. The molecule has 0 aliphatic rings. The fourth-order valence-corrected chi connectivity index (χ4v) is 0.477. The van der Waals surface area contributed by atoms with Crippen molar-refractivity contribution in [1.82, 2.24) is 0 Å². The molecule has 0 saturated heterocycles. The van der Waals surface area contributed by atoms with Crippen LogP contribution in [0.2, 0.25) is 0 Å². The van der Waals surface area contributed by atoms with Crippen molar-refractivity contribution in [3.05, 3.63) is 24.3 Å². The van der Waals surface area contributed by atoms with E-state index >= 15 is 0 Å². The van der Waals surface area contributed by atoms with E-state index in [1.54, 1.807) is 6.92 Å². The second-order valence-electron chi connectivity index (χ2n) is 2.31. The molecule has 0 unspecified atom stereocenters. The minimum Gasteiger partial charge on any atom is -0.299 e. The predicted molar refractivity (Wildman–Crippen MR) is 43.8 cm³/mol. The molecule has 0 aromatic carbocycles. The number of Topliss-reactive ketones (excluding diaryl/α,β-unsaturated/α-hetero) is 1. The van der Waals surface area contributed by atoms with Crippen molar-refractivity contribution in [2.24, 2.45) is 5.92 Å². The van der Waals surface area contributed by atoms with Gasteiger partial charge in [-0.05, 0) is 13.8 Å². The van der Waals surface area contributed by atoms with Crippen LogP contribution in [-0.4, -0.2) is 5.78 Å².